The molecular formula is C6H9NS3. The van der Waals surface area contributed by atoms with Crippen LogP contribution < -0.4 is 0 Å². The van der Waals surface area contributed by atoms with Gasteiger partial charge in [-0.05, 0) is 24.4 Å². The number of hydrogen-bond acceptors (Lipinski definition) is 4. The number of thioether (sulfide) groups is 2. The van der Waals surface area contributed by atoms with Crippen LogP contribution in [-0.2, 0) is 0 Å². The van der Waals surface area contributed by atoms with Crippen LogP contribution in [0.3, 0.4) is 0 Å². The molecule has 56 valence electrons. The first-order valence-corrected chi connectivity index (χ1v) is 5.71. The summed E-state index contributed by atoms with van der Waals surface area (Å²) in [4.78, 5) is 3.84. The van der Waals surface area contributed by atoms with E-state index in [2.05, 4.69) is 22.4 Å². The second kappa shape index (κ2) is 5.19. The second-order valence-electron chi connectivity index (χ2n) is 1.93. The van der Waals surface area contributed by atoms with Gasteiger partial charge >= 0.3 is 0 Å². The van der Waals surface area contributed by atoms with Crippen molar-refractivity contribution in [1.82, 2.24) is 0 Å². The summed E-state index contributed by atoms with van der Waals surface area (Å²) in [5.74, 6) is 2.44. The molecule has 1 atom stereocenters. The van der Waals surface area contributed by atoms with E-state index in [0.717, 1.165) is 16.9 Å². The van der Waals surface area contributed by atoms with Crippen LogP contribution in [0.5, 0.6) is 0 Å². The molecule has 10 heavy (non-hydrogen) atoms. The van der Waals surface area contributed by atoms with Crippen molar-refractivity contribution in [2.24, 2.45) is 4.99 Å². The Labute approximate surface area is 75.1 Å². The fraction of sp³-hybridized carbons (Fsp3) is 0.833. The summed E-state index contributed by atoms with van der Waals surface area (Å²) in [6, 6.07) is 0. The molecule has 0 aromatic carbocycles. The van der Waals surface area contributed by atoms with Gasteiger partial charge in [0.15, 0.2) is 0 Å². The number of thiocarbonyl (C=S) groups is 1. The smallest absolute Gasteiger partial charge is 0.0585 e. The van der Waals surface area contributed by atoms with Gasteiger partial charge in [-0.1, -0.05) is 0 Å². The highest BCUT2D eigenvalue weighted by molar-refractivity contribution is 8.18. The molecule has 1 unspecified atom stereocenters. The van der Waals surface area contributed by atoms with Gasteiger partial charge in [-0.25, -0.2) is 4.99 Å². The van der Waals surface area contributed by atoms with Gasteiger partial charge in [0, 0.05) is 5.75 Å². The highest BCUT2D eigenvalue weighted by Crippen LogP contribution is 2.36. The fourth-order valence-corrected chi connectivity index (χ4v) is 3.02. The molecule has 0 aromatic heterocycles. The van der Waals surface area contributed by atoms with Crippen molar-refractivity contribution in [2.45, 2.75) is 11.0 Å². The summed E-state index contributed by atoms with van der Waals surface area (Å²) in [5.41, 5.74) is 0. The first-order valence-electron chi connectivity index (χ1n) is 3.20. The summed E-state index contributed by atoms with van der Waals surface area (Å²) >= 11 is 8.47. The first-order chi connectivity index (χ1) is 4.93. The van der Waals surface area contributed by atoms with Crippen molar-refractivity contribution in [3.8, 4) is 0 Å². The molecule has 4 heteroatoms. The summed E-state index contributed by atoms with van der Waals surface area (Å²) in [5, 5.41) is 2.37. The molecule has 1 fully saturated rings. The molecule has 1 rings (SSSR count). The van der Waals surface area contributed by atoms with E-state index in [1.54, 1.807) is 0 Å². The number of nitrogens with zero attached hydrogens (tertiary/aromatic N) is 1. The minimum Gasteiger partial charge on any atom is -0.232 e. The zero-order valence-electron chi connectivity index (χ0n) is 5.58. The van der Waals surface area contributed by atoms with Crippen LogP contribution >= 0.6 is 35.7 Å². The zero-order valence-corrected chi connectivity index (χ0v) is 8.03. The second-order valence-corrected chi connectivity index (χ2v) is 5.04. The van der Waals surface area contributed by atoms with Gasteiger partial charge in [0.2, 0.25) is 0 Å². The van der Waals surface area contributed by atoms with Gasteiger partial charge in [-0.3, -0.25) is 0 Å². The van der Waals surface area contributed by atoms with Crippen LogP contribution in [0.15, 0.2) is 4.99 Å². The molecule has 1 heterocycles. The summed E-state index contributed by atoms with van der Waals surface area (Å²) in [6.07, 6.45) is 1.37. The molecule has 0 saturated carbocycles. The third-order valence-electron chi connectivity index (χ3n) is 1.23. The monoisotopic (exact) mass is 191 g/mol. The average molecular weight is 191 g/mol. The molecule has 0 aromatic rings. The van der Waals surface area contributed by atoms with Gasteiger partial charge < -0.3 is 0 Å². The zero-order chi connectivity index (χ0) is 7.23. The Hall–Kier alpha value is 0.500. The SMILES string of the molecule is S=C=NCCSC1CCS1. The van der Waals surface area contributed by atoms with E-state index in [0.29, 0.717) is 0 Å². The van der Waals surface area contributed by atoms with E-state index < -0.39 is 0 Å². The third kappa shape index (κ3) is 3.06. The minimum atomic E-state index is 0.839. The van der Waals surface area contributed by atoms with Crippen LogP contribution in [-0.4, -0.2) is 27.8 Å². The Kier molecular flexibility index (Phi) is 4.46. The molecular weight excluding hydrogens is 182 g/mol. The normalized spacial score (nSPS) is 23.0. The minimum absolute atomic E-state index is 0.839. The van der Waals surface area contributed by atoms with E-state index in [4.69, 9.17) is 0 Å². The quantitative estimate of drug-likeness (QED) is 0.384. The lowest BCUT2D eigenvalue weighted by molar-refractivity contribution is 1.00. The highest BCUT2D eigenvalue weighted by atomic mass is 32.2. The van der Waals surface area contributed by atoms with Crippen molar-refractivity contribution < 1.29 is 0 Å². The molecule has 1 nitrogen and oxygen atoms in total. The number of isothiocyanates is 1. The molecule has 1 aliphatic heterocycles. The van der Waals surface area contributed by atoms with E-state index in [-0.39, 0.29) is 0 Å². The number of aliphatic imine (C=N–C) groups is 1. The van der Waals surface area contributed by atoms with Gasteiger partial charge in [0.25, 0.3) is 0 Å². The maximum atomic E-state index is 4.44. The van der Waals surface area contributed by atoms with Gasteiger partial charge in [-0.2, -0.15) is 0 Å². The van der Waals surface area contributed by atoms with E-state index >= 15 is 0 Å². The molecule has 0 spiro atoms. The predicted octanol–water partition coefficient (Wildman–Crippen LogP) is 2.29. The first kappa shape index (κ1) is 8.60. The largest absolute Gasteiger partial charge is 0.232 e. The number of rotatable bonds is 4. The molecule has 0 N–H and O–H groups in total. The molecule has 1 aliphatic rings. The Balaban J connectivity index is 1.89. The van der Waals surface area contributed by atoms with Crippen LogP contribution in [0, 0.1) is 0 Å². The molecule has 0 bridgehead atoms. The van der Waals surface area contributed by atoms with Crippen molar-refractivity contribution in [2.75, 3.05) is 18.1 Å². The third-order valence-corrected chi connectivity index (χ3v) is 4.28. The van der Waals surface area contributed by atoms with Crippen LogP contribution in [0.2, 0.25) is 0 Å². The van der Waals surface area contributed by atoms with Crippen molar-refractivity contribution in [1.29, 1.82) is 0 Å². The molecule has 0 radical (unpaired) electrons. The topological polar surface area (TPSA) is 12.4 Å². The lowest BCUT2D eigenvalue weighted by Crippen LogP contribution is -2.11. The Morgan fingerprint density at radius 3 is 3.10 bits per heavy atom. The fourth-order valence-electron chi connectivity index (χ4n) is 0.621. The van der Waals surface area contributed by atoms with Crippen LogP contribution in [0.25, 0.3) is 0 Å². The Bertz CT molecular complexity index is 138. The Morgan fingerprint density at radius 1 is 1.80 bits per heavy atom. The average Bonchev–Trinajstić information content (AvgIpc) is 1.84. The summed E-state index contributed by atoms with van der Waals surface area (Å²) in [6.45, 7) is 0.839. The maximum absolute atomic E-state index is 4.44. The van der Waals surface area contributed by atoms with Gasteiger partial charge in [0.1, 0.15) is 0 Å². The lowest BCUT2D eigenvalue weighted by atomic mass is 10.5. The van der Waals surface area contributed by atoms with Crippen molar-refractivity contribution in [3.05, 3.63) is 0 Å². The van der Waals surface area contributed by atoms with Gasteiger partial charge in [-0.15, -0.1) is 23.5 Å². The number of hydrogen-bond donors (Lipinski definition) is 0. The standard InChI is InChI=1S/C6H9NS3/c8-5-7-2-4-10-6-1-3-9-6/h6H,1-4H2. The predicted molar refractivity (Wildman–Crippen MR) is 53.2 cm³/mol. The Morgan fingerprint density at radius 2 is 2.60 bits per heavy atom. The van der Waals surface area contributed by atoms with Crippen molar-refractivity contribution >= 4 is 40.9 Å². The highest BCUT2D eigenvalue weighted by Gasteiger charge is 2.17. The van der Waals surface area contributed by atoms with Crippen molar-refractivity contribution in [3.63, 3.8) is 0 Å². The summed E-state index contributed by atoms with van der Waals surface area (Å²) < 4.78 is 0.848. The van der Waals surface area contributed by atoms with Gasteiger partial charge in [0.05, 0.1) is 16.3 Å². The van der Waals surface area contributed by atoms with E-state index in [1.807, 2.05) is 23.5 Å². The maximum Gasteiger partial charge on any atom is 0.0585 e. The van der Waals surface area contributed by atoms with E-state index in [1.165, 1.54) is 12.2 Å². The molecule has 0 amide bonds. The molecule has 1 saturated heterocycles. The summed E-state index contributed by atoms with van der Waals surface area (Å²) in [7, 11) is 0. The van der Waals surface area contributed by atoms with Crippen LogP contribution in [0.4, 0.5) is 0 Å². The van der Waals surface area contributed by atoms with E-state index in [9.17, 15) is 0 Å². The molecule has 0 aliphatic carbocycles. The lowest BCUT2D eigenvalue weighted by Gasteiger charge is -2.23. The van der Waals surface area contributed by atoms with Crippen LogP contribution in [0.1, 0.15) is 6.42 Å².